The molecule has 2 atom stereocenters. The van der Waals surface area contributed by atoms with Crippen LogP contribution < -0.4 is 4.74 Å². The standard InChI is InChI=1S/C22H24N2O/c1-24-16-9-5-11-19(24)21-17-10-6-12-20(22(17)23-18(21)13-16)25-14-15-7-3-2-4-8-15/h2-4,6-8,10,12,16,19,23H,5,9,11,13-14H2,1H3. The number of hydrogen-bond donors (Lipinski definition) is 1. The summed E-state index contributed by atoms with van der Waals surface area (Å²) in [4.78, 5) is 6.31. The van der Waals surface area contributed by atoms with Crippen molar-refractivity contribution in [3.63, 3.8) is 0 Å². The van der Waals surface area contributed by atoms with E-state index >= 15 is 0 Å². The quantitative estimate of drug-likeness (QED) is 0.744. The molecular weight excluding hydrogens is 308 g/mol. The molecule has 2 aliphatic heterocycles. The van der Waals surface area contributed by atoms with Crippen molar-refractivity contribution in [1.29, 1.82) is 0 Å². The highest BCUT2D eigenvalue weighted by atomic mass is 16.5. The molecule has 0 spiro atoms. The molecule has 0 radical (unpaired) electrons. The van der Waals surface area contributed by atoms with E-state index in [2.05, 4.69) is 59.4 Å². The van der Waals surface area contributed by atoms with Gasteiger partial charge in [0.15, 0.2) is 0 Å². The number of benzene rings is 2. The van der Waals surface area contributed by atoms with Gasteiger partial charge in [-0.05, 0) is 43.5 Å². The van der Waals surface area contributed by atoms with Crippen LogP contribution in [0.2, 0.25) is 0 Å². The average molecular weight is 332 g/mol. The maximum Gasteiger partial charge on any atom is 0.143 e. The Kier molecular flexibility index (Phi) is 3.56. The number of piperidine rings is 1. The van der Waals surface area contributed by atoms with E-state index in [0.717, 1.165) is 12.2 Å². The third-order valence-corrected chi connectivity index (χ3v) is 6.01. The molecule has 2 aliphatic rings. The van der Waals surface area contributed by atoms with E-state index in [1.807, 2.05) is 6.07 Å². The van der Waals surface area contributed by atoms with Crippen molar-refractivity contribution in [3.8, 4) is 5.75 Å². The van der Waals surface area contributed by atoms with Crippen LogP contribution in [0, 0.1) is 0 Å². The molecule has 5 rings (SSSR count). The van der Waals surface area contributed by atoms with E-state index in [0.29, 0.717) is 18.7 Å². The van der Waals surface area contributed by atoms with Gasteiger partial charge in [0.2, 0.25) is 0 Å². The zero-order valence-corrected chi connectivity index (χ0v) is 14.7. The Labute approximate surface area is 148 Å². The lowest BCUT2D eigenvalue weighted by atomic mass is 9.82. The molecular formula is C22H24N2O. The Balaban J connectivity index is 1.53. The van der Waals surface area contributed by atoms with E-state index in [-0.39, 0.29) is 0 Å². The van der Waals surface area contributed by atoms with Crippen LogP contribution in [0.4, 0.5) is 0 Å². The van der Waals surface area contributed by atoms with E-state index in [1.54, 1.807) is 0 Å². The topological polar surface area (TPSA) is 28.3 Å². The largest absolute Gasteiger partial charge is 0.487 e. The van der Waals surface area contributed by atoms with Crippen molar-refractivity contribution in [2.24, 2.45) is 0 Å². The van der Waals surface area contributed by atoms with Gasteiger partial charge in [-0.2, -0.15) is 0 Å². The number of ether oxygens (including phenoxy) is 1. The lowest BCUT2D eigenvalue weighted by molar-refractivity contribution is 0.100. The van der Waals surface area contributed by atoms with E-state index < -0.39 is 0 Å². The van der Waals surface area contributed by atoms with Gasteiger partial charge in [0.1, 0.15) is 12.4 Å². The zero-order chi connectivity index (χ0) is 16.8. The summed E-state index contributed by atoms with van der Waals surface area (Å²) >= 11 is 0. The molecule has 3 aromatic rings. The van der Waals surface area contributed by atoms with Gasteiger partial charge in [-0.25, -0.2) is 0 Å². The molecule has 0 saturated carbocycles. The summed E-state index contributed by atoms with van der Waals surface area (Å²) in [6.45, 7) is 0.607. The highest BCUT2D eigenvalue weighted by Crippen LogP contribution is 2.45. The average Bonchev–Trinajstić information content (AvgIpc) is 2.99. The normalized spacial score (nSPS) is 22.8. The first-order chi connectivity index (χ1) is 12.3. The van der Waals surface area contributed by atoms with Gasteiger partial charge >= 0.3 is 0 Å². The second-order valence-electron chi connectivity index (χ2n) is 7.44. The highest BCUT2D eigenvalue weighted by Gasteiger charge is 2.37. The first-order valence-corrected chi connectivity index (χ1v) is 9.33. The second kappa shape index (κ2) is 5.92. The van der Waals surface area contributed by atoms with Crippen LogP contribution in [0.25, 0.3) is 10.9 Å². The molecule has 1 saturated heterocycles. The molecule has 25 heavy (non-hydrogen) atoms. The zero-order valence-electron chi connectivity index (χ0n) is 14.7. The van der Waals surface area contributed by atoms with Crippen LogP contribution in [0.5, 0.6) is 5.75 Å². The summed E-state index contributed by atoms with van der Waals surface area (Å²) in [6, 6.07) is 18.1. The number of fused-ring (bicyclic) bond motifs is 6. The van der Waals surface area contributed by atoms with Crippen LogP contribution >= 0.6 is 0 Å². The summed E-state index contributed by atoms with van der Waals surface area (Å²) in [6.07, 6.45) is 5.06. The molecule has 1 N–H and O–H groups in total. The molecule has 1 fully saturated rings. The SMILES string of the molecule is CN1C2CCCC1c1c([nH]c3c(OCc4ccccc4)cccc13)C2. The van der Waals surface area contributed by atoms with Crippen molar-refractivity contribution in [3.05, 3.63) is 65.4 Å². The fourth-order valence-corrected chi connectivity index (χ4v) is 4.70. The first kappa shape index (κ1) is 15.0. The van der Waals surface area contributed by atoms with Gasteiger partial charge in [0.25, 0.3) is 0 Å². The Bertz CT molecular complexity index is 899. The van der Waals surface area contributed by atoms with Crippen molar-refractivity contribution < 1.29 is 4.74 Å². The lowest BCUT2D eigenvalue weighted by Gasteiger charge is -2.43. The second-order valence-corrected chi connectivity index (χ2v) is 7.44. The Hall–Kier alpha value is -2.26. The van der Waals surface area contributed by atoms with E-state index in [9.17, 15) is 0 Å². The number of rotatable bonds is 3. The first-order valence-electron chi connectivity index (χ1n) is 9.33. The number of nitrogens with one attached hydrogen (secondary N) is 1. The Morgan fingerprint density at radius 3 is 2.84 bits per heavy atom. The molecule has 2 aromatic carbocycles. The van der Waals surface area contributed by atoms with Gasteiger partial charge in [0, 0.05) is 29.6 Å². The number of H-pyrrole nitrogens is 1. The minimum absolute atomic E-state index is 0.556. The number of aromatic nitrogens is 1. The molecule has 128 valence electrons. The van der Waals surface area contributed by atoms with E-state index in [1.165, 1.54) is 47.0 Å². The summed E-state index contributed by atoms with van der Waals surface area (Å²) in [7, 11) is 2.30. The molecule has 3 heterocycles. The van der Waals surface area contributed by atoms with Crippen molar-refractivity contribution in [1.82, 2.24) is 9.88 Å². The number of nitrogens with zero attached hydrogens (tertiary/aromatic N) is 1. The maximum absolute atomic E-state index is 6.18. The Morgan fingerprint density at radius 1 is 1.08 bits per heavy atom. The minimum atomic E-state index is 0.556. The van der Waals surface area contributed by atoms with E-state index in [4.69, 9.17) is 4.74 Å². The molecule has 3 heteroatoms. The van der Waals surface area contributed by atoms with Crippen molar-refractivity contribution >= 4 is 10.9 Å². The summed E-state index contributed by atoms with van der Waals surface area (Å²) in [5.41, 5.74) is 5.31. The van der Waals surface area contributed by atoms with Crippen LogP contribution in [-0.4, -0.2) is 23.0 Å². The Morgan fingerprint density at radius 2 is 1.96 bits per heavy atom. The van der Waals surface area contributed by atoms with Crippen molar-refractivity contribution in [2.45, 2.75) is 44.4 Å². The number of aromatic amines is 1. The van der Waals surface area contributed by atoms with Gasteiger partial charge in [0.05, 0.1) is 5.52 Å². The molecule has 0 amide bonds. The van der Waals surface area contributed by atoms with Gasteiger partial charge in [-0.3, -0.25) is 4.90 Å². The number of likely N-dealkylation sites (N-methyl/N-ethyl adjacent to an activating group) is 1. The van der Waals surface area contributed by atoms with Gasteiger partial charge < -0.3 is 9.72 Å². The fourth-order valence-electron chi connectivity index (χ4n) is 4.70. The summed E-state index contributed by atoms with van der Waals surface area (Å²) in [5.74, 6) is 0.966. The van der Waals surface area contributed by atoms with Crippen LogP contribution in [-0.2, 0) is 13.0 Å². The van der Waals surface area contributed by atoms with Crippen molar-refractivity contribution in [2.75, 3.05) is 7.05 Å². The molecule has 1 aromatic heterocycles. The van der Waals surface area contributed by atoms with Crippen LogP contribution in [0.15, 0.2) is 48.5 Å². The monoisotopic (exact) mass is 332 g/mol. The molecule has 0 aliphatic carbocycles. The smallest absolute Gasteiger partial charge is 0.143 e. The third-order valence-electron chi connectivity index (χ3n) is 6.01. The molecule has 2 unspecified atom stereocenters. The third kappa shape index (κ3) is 2.46. The fraction of sp³-hybridized carbons (Fsp3) is 0.364. The molecule has 2 bridgehead atoms. The summed E-state index contributed by atoms with van der Waals surface area (Å²) < 4.78 is 6.18. The highest BCUT2D eigenvalue weighted by molar-refractivity contribution is 5.90. The van der Waals surface area contributed by atoms with Crippen LogP contribution in [0.1, 0.15) is 42.1 Å². The maximum atomic E-state index is 6.18. The van der Waals surface area contributed by atoms with Gasteiger partial charge in [-0.15, -0.1) is 0 Å². The predicted octanol–water partition coefficient (Wildman–Crippen LogP) is 4.83. The van der Waals surface area contributed by atoms with Crippen LogP contribution in [0.3, 0.4) is 0 Å². The lowest BCUT2D eigenvalue weighted by Crippen LogP contribution is -2.43. The number of para-hydroxylation sites is 1. The minimum Gasteiger partial charge on any atom is -0.487 e. The van der Waals surface area contributed by atoms with Gasteiger partial charge in [-0.1, -0.05) is 42.5 Å². The predicted molar refractivity (Wildman–Crippen MR) is 101 cm³/mol. The number of hydrogen-bond acceptors (Lipinski definition) is 2. The molecule has 3 nitrogen and oxygen atoms in total. The summed E-state index contributed by atoms with van der Waals surface area (Å²) in [5, 5.41) is 1.35.